The minimum atomic E-state index is -0.446. The molecule has 0 saturated carbocycles. The quantitative estimate of drug-likeness (QED) is 0.477. The highest BCUT2D eigenvalue weighted by atomic mass is 16.2. The molecular weight excluding hydrogens is 282 g/mol. The van der Waals surface area contributed by atoms with Crippen molar-refractivity contribution in [1.82, 2.24) is 16.0 Å². The van der Waals surface area contributed by atoms with Crippen LogP contribution in [0.1, 0.15) is 33.1 Å². The van der Waals surface area contributed by atoms with E-state index >= 15 is 0 Å². The standard InChI is InChI=1S/C16H25N3O3/c1-12(2)6-3-4-8-14(20)17-11-9-15(21)19-13-7-5-10-18-16(13)22/h3-4,6,8,12-13H,5,7,9-11H2,1-2H3,(H,17,20)(H,18,22)(H,19,21)/b6-3+,8-4-/t13-/m0/s1. The lowest BCUT2D eigenvalue weighted by molar-refractivity contribution is -0.130. The van der Waals surface area contributed by atoms with Crippen LogP contribution in [-0.2, 0) is 14.4 Å². The van der Waals surface area contributed by atoms with Crippen molar-refractivity contribution in [3.05, 3.63) is 24.3 Å². The maximum atomic E-state index is 11.7. The number of carbonyl (C=O) groups excluding carboxylic acids is 3. The van der Waals surface area contributed by atoms with E-state index in [1.54, 1.807) is 6.08 Å². The molecule has 0 unspecified atom stereocenters. The number of carbonyl (C=O) groups is 3. The molecule has 1 rings (SSSR count). The zero-order valence-electron chi connectivity index (χ0n) is 13.2. The smallest absolute Gasteiger partial charge is 0.243 e. The molecule has 3 amide bonds. The Morgan fingerprint density at radius 1 is 1.36 bits per heavy atom. The summed E-state index contributed by atoms with van der Waals surface area (Å²) in [4.78, 5) is 34.7. The van der Waals surface area contributed by atoms with Crippen molar-refractivity contribution >= 4 is 17.7 Å². The number of piperidine rings is 1. The molecule has 0 bridgehead atoms. The number of amides is 3. The Kier molecular flexibility index (Phi) is 7.96. The van der Waals surface area contributed by atoms with E-state index in [-0.39, 0.29) is 30.7 Å². The molecule has 1 aliphatic heterocycles. The molecule has 6 heteroatoms. The zero-order chi connectivity index (χ0) is 16.4. The molecule has 1 aliphatic rings. The second-order valence-electron chi connectivity index (χ2n) is 5.58. The molecule has 0 spiro atoms. The van der Waals surface area contributed by atoms with Crippen molar-refractivity contribution in [3.63, 3.8) is 0 Å². The highest BCUT2D eigenvalue weighted by molar-refractivity contribution is 5.89. The van der Waals surface area contributed by atoms with Crippen LogP contribution in [0.4, 0.5) is 0 Å². The summed E-state index contributed by atoms with van der Waals surface area (Å²) in [7, 11) is 0. The molecule has 0 aliphatic carbocycles. The van der Waals surface area contributed by atoms with Gasteiger partial charge in [-0.25, -0.2) is 0 Å². The highest BCUT2D eigenvalue weighted by Gasteiger charge is 2.23. The van der Waals surface area contributed by atoms with E-state index in [1.807, 2.05) is 12.2 Å². The zero-order valence-corrected chi connectivity index (χ0v) is 13.2. The number of nitrogens with one attached hydrogen (secondary N) is 3. The summed E-state index contributed by atoms with van der Waals surface area (Å²) >= 11 is 0. The van der Waals surface area contributed by atoms with Crippen LogP contribution in [0.2, 0.25) is 0 Å². The number of hydrogen-bond donors (Lipinski definition) is 3. The topological polar surface area (TPSA) is 87.3 Å². The molecule has 0 aromatic heterocycles. The summed E-state index contributed by atoms with van der Waals surface area (Å²) < 4.78 is 0. The Labute approximate surface area is 131 Å². The van der Waals surface area contributed by atoms with Gasteiger partial charge in [-0.15, -0.1) is 0 Å². The average molecular weight is 307 g/mol. The van der Waals surface area contributed by atoms with Gasteiger partial charge in [-0.1, -0.05) is 32.1 Å². The van der Waals surface area contributed by atoms with Gasteiger partial charge in [-0.05, 0) is 18.8 Å². The second-order valence-corrected chi connectivity index (χ2v) is 5.58. The van der Waals surface area contributed by atoms with E-state index in [9.17, 15) is 14.4 Å². The normalized spacial score (nSPS) is 18.7. The van der Waals surface area contributed by atoms with Crippen molar-refractivity contribution in [3.8, 4) is 0 Å². The van der Waals surface area contributed by atoms with Crippen LogP contribution in [-0.4, -0.2) is 36.9 Å². The molecule has 0 aromatic carbocycles. The van der Waals surface area contributed by atoms with E-state index in [4.69, 9.17) is 0 Å². The van der Waals surface area contributed by atoms with Crippen molar-refractivity contribution in [2.75, 3.05) is 13.1 Å². The van der Waals surface area contributed by atoms with E-state index in [0.29, 0.717) is 18.9 Å². The van der Waals surface area contributed by atoms with E-state index < -0.39 is 6.04 Å². The van der Waals surface area contributed by atoms with Crippen LogP contribution in [0, 0.1) is 5.92 Å². The lowest BCUT2D eigenvalue weighted by Gasteiger charge is -2.22. The van der Waals surface area contributed by atoms with Gasteiger partial charge in [0.2, 0.25) is 17.7 Å². The molecule has 1 fully saturated rings. The second kappa shape index (κ2) is 9.76. The maximum absolute atomic E-state index is 11.7. The van der Waals surface area contributed by atoms with Crippen molar-refractivity contribution < 1.29 is 14.4 Å². The number of rotatable bonds is 7. The van der Waals surface area contributed by atoms with Gasteiger partial charge in [0.1, 0.15) is 6.04 Å². The summed E-state index contributed by atoms with van der Waals surface area (Å²) in [5, 5.41) is 8.01. The minimum Gasteiger partial charge on any atom is -0.354 e. The molecule has 122 valence electrons. The fourth-order valence-electron chi connectivity index (χ4n) is 1.96. The first-order chi connectivity index (χ1) is 10.5. The third kappa shape index (κ3) is 7.61. The van der Waals surface area contributed by atoms with E-state index in [2.05, 4.69) is 29.8 Å². The lowest BCUT2D eigenvalue weighted by atomic mass is 10.1. The van der Waals surface area contributed by atoms with Crippen LogP contribution < -0.4 is 16.0 Å². The van der Waals surface area contributed by atoms with Gasteiger partial charge in [0, 0.05) is 25.6 Å². The fraction of sp³-hybridized carbons (Fsp3) is 0.562. The molecule has 0 radical (unpaired) electrons. The molecule has 1 atom stereocenters. The Morgan fingerprint density at radius 2 is 2.14 bits per heavy atom. The van der Waals surface area contributed by atoms with Gasteiger partial charge in [-0.2, -0.15) is 0 Å². The number of allylic oxidation sites excluding steroid dienone is 3. The summed E-state index contributed by atoms with van der Waals surface area (Å²) in [6.07, 6.45) is 8.57. The van der Waals surface area contributed by atoms with Gasteiger partial charge in [0.05, 0.1) is 0 Å². The summed E-state index contributed by atoms with van der Waals surface area (Å²) in [5.74, 6) is -0.167. The van der Waals surface area contributed by atoms with Crippen molar-refractivity contribution in [1.29, 1.82) is 0 Å². The molecule has 3 N–H and O–H groups in total. The van der Waals surface area contributed by atoms with Gasteiger partial charge >= 0.3 is 0 Å². The largest absolute Gasteiger partial charge is 0.354 e. The first-order valence-electron chi connectivity index (χ1n) is 7.69. The van der Waals surface area contributed by atoms with E-state index in [1.165, 1.54) is 6.08 Å². The molecule has 22 heavy (non-hydrogen) atoms. The maximum Gasteiger partial charge on any atom is 0.243 e. The summed E-state index contributed by atoms with van der Waals surface area (Å²) in [6.45, 7) is 5.02. The first kappa shape index (κ1) is 17.9. The minimum absolute atomic E-state index is 0.136. The fourth-order valence-corrected chi connectivity index (χ4v) is 1.96. The predicted molar refractivity (Wildman–Crippen MR) is 84.9 cm³/mol. The monoisotopic (exact) mass is 307 g/mol. The van der Waals surface area contributed by atoms with Gasteiger partial charge in [0.15, 0.2) is 0 Å². The third-order valence-corrected chi connectivity index (χ3v) is 3.13. The Hall–Kier alpha value is -2.11. The average Bonchev–Trinajstić information content (AvgIpc) is 2.46. The SMILES string of the molecule is CC(C)/C=C/C=C\C(=O)NCCC(=O)N[C@H]1CCCNC1=O. The van der Waals surface area contributed by atoms with Crippen molar-refractivity contribution in [2.45, 2.75) is 39.2 Å². The Morgan fingerprint density at radius 3 is 2.82 bits per heavy atom. The number of hydrogen-bond acceptors (Lipinski definition) is 3. The molecule has 1 heterocycles. The van der Waals surface area contributed by atoms with Crippen LogP contribution in [0.5, 0.6) is 0 Å². The molecule has 0 aromatic rings. The van der Waals surface area contributed by atoms with Crippen LogP contribution in [0.25, 0.3) is 0 Å². The molecule has 1 saturated heterocycles. The lowest BCUT2D eigenvalue weighted by Crippen LogP contribution is -2.50. The Bertz CT molecular complexity index is 456. The van der Waals surface area contributed by atoms with Crippen LogP contribution >= 0.6 is 0 Å². The van der Waals surface area contributed by atoms with Gasteiger partial charge in [0.25, 0.3) is 0 Å². The Balaban J connectivity index is 2.18. The van der Waals surface area contributed by atoms with Crippen LogP contribution in [0.3, 0.4) is 0 Å². The third-order valence-electron chi connectivity index (χ3n) is 3.13. The summed E-state index contributed by atoms with van der Waals surface area (Å²) in [5.41, 5.74) is 0. The highest BCUT2D eigenvalue weighted by Crippen LogP contribution is 2.02. The van der Waals surface area contributed by atoms with Crippen LogP contribution in [0.15, 0.2) is 24.3 Å². The first-order valence-corrected chi connectivity index (χ1v) is 7.69. The summed E-state index contributed by atoms with van der Waals surface area (Å²) in [6, 6.07) is -0.446. The predicted octanol–water partition coefficient (Wildman–Crippen LogP) is 0.656. The van der Waals surface area contributed by atoms with Gasteiger partial charge in [-0.3, -0.25) is 14.4 Å². The molecule has 6 nitrogen and oxygen atoms in total. The van der Waals surface area contributed by atoms with Gasteiger partial charge < -0.3 is 16.0 Å². The molecular formula is C16H25N3O3. The van der Waals surface area contributed by atoms with Crippen molar-refractivity contribution in [2.24, 2.45) is 5.92 Å². The van der Waals surface area contributed by atoms with E-state index in [0.717, 1.165) is 6.42 Å².